The topological polar surface area (TPSA) is 392 Å². The lowest BCUT2D eigenvalue weighted by Crippen LogP contribution is -2.50. The number of hydrogen-bond acceptors (Lipinski definition) is 18. The van der Waals surface area contributed by atoms with Crippen molar-refractivity contribution in [1.29, 1.82) is 0 Å². The van der Waals surface area contributed by atoms with Gasteiger partial charge in [-0.2, -0.15) is 9.59 Å². The highest BCUT2D eigenvalue weighted by Crippen LogP contribution is 2.43. The molecule has 0 spiro atoms. The summed E-state index contributed by atoms with van der Waals surface area (Å²) in [6.07, 6.45) is 12.3. The van der Waals surface area contributed by atoms with Crippen molar-refractivity contribution in [2.45, 2.75) is 370 Å². The first-order valence-electron chi connectivity index (χ1n) is 51.0. The van der Waals surface area contributed by atoms with E-state index in [9.17, 15) is 53.7 Å². The van der Waals surface area contributed by atoms with Gasteiger partial charge >= 0.3 is 29.7 Å². The molecule has 2 fully saturated rings. The number of carboxylic acid groups (broad SMARTS) is 3. The first-order valence-corrected chi connectivity index (χ1v) is 51.0. The third-order valence-electron chi connectivity index (χ3n) is 25.4. The Balaban J connectivity index is 0. The molecule has 0 saturated carbocycles. The van der Waals surface area contributed by atoms with E-state index >= 15 is 0 Å². The molecule has 8 aromatic rings. The van der Waals surface area contributed by atoms with Crippen molar-refractivity contribution in [3.8, 4) is 0 Å². The smallest absolute Gasteiger partial charge is 0.373 e. The number of aliphatic hydroxyl groups excluding tert-OH is 1. The van der Waals surface area contributed by atoms with E-state index < -0.39 is 59.2 Å². The first-order chi connectivity index (χ1) is 67.0. The summed E-state index contributed by atoms with van der Waals surface area (Å²) in [5, 5.41) is 44.3. The zero-order valence-electron chi connectivity index (χ0n) is 93.7. The summed E-state index contributed by atoms with van der Waals surface area (Å²) in [6, 6.07) is 59.0. The molecule has 0 radical (unpaired) electrons. The molecule has 13 atom stereocenters. The standard InChI is InChI=1S/C25H35NO2.C22H33NO3.C14H22N2O4.C13H20N2.C13H21N.C13H18O2.C12H17NO2.C7H14O2.CO2.3CH4/c1-18(2)16-21(25(3,4)5)23(20-14-10-7-11-15-20)26-22(24(27)28)17-19-12-8-6-9-13-19;1-15(2)12-18(19(24)22(6)14-26-22)23-20(25)17(21(3,4)5)13-16-10-8-7-9-11-16;1-8-7-16(13(19)15-12(8)18)11-5-9(17)10(20-11)6-14(2,3)4;1-10(14)15-12-7-5-11(6-8-12)9-13(2,3)4;1-5-11(13(2,3)4)10-12-8-6-7-9-14-12;1-13(2,3)11(12(14)15)9-10-7-5-4-6-8-10;1-12(2,3)11(15-9-14)8-10-6-4-5-7-13-10;1-5(6(8)9)7(2,3)4;2-1-3;;;/h6-15,18,21-23,26H,16-17H2,1-5H3,(H,27,28);7-11,15,17-18H,12-14H2,1-6H3,(H,23,25);7,9-11,17H,5-6H2,1-4H3,(H,15,18,19);5-8H,9H2,1-4H3,(H2,14,15);6-9,11H,5,10H2,1-4H3;4-8,11H,9H2,1-3H3,(H,14,15);4-7,9,11H,8H2,1-3H3;5H,1-4H3,(H,8,9);;3*1H4. The number of amides is 1. The molecule has 2 aliphatic heterocycles. The van der Waals surface area contributed by atoms with Crippen molar-refractivity contribution in [2.75, 3.05) is 6.61 Å². The summed E-state index contributed by atoms with van der Waals surface area (Å²) < 4.78 is 17.6. The number of aliphatic hydroxyl groups is 1. The van der Waals surface area contributed by atoms with Crippen LogP contribution in [0.5, 0.6) is 0 Å². The number of aliphatic imine (C=N–C) groups is 1. The Morgan fingerprint density at radius 2 is 1.00 bits per heavy atom. The van der Waals surface area contributed by atoms with E-state index in [0.29, 0.717) is 98.0 Å². The fraction of sp³-hybridized carbons (Fsp3) is 0.577. The summed E-state index contributed by atoms with van der Waals surface area (Å²) in [5.41, 5.74) is 13.4. The molecule has 25 heteroatoms. The zero-order chi connectivity index (χ0) is 111. The Morgan fingerprint density at radius 1 is 0.561 bits per heavy atom. The largest absolute Gasteiger partial charge is 0.481 e. The highest BCUT2D eigenvalue weighted by Gasteiger charge is 2.51. The molecule has 5 aromatic carbocycles. The number of carboxylic acids is 3. The van der Waals surface area contributed by atoms with E-state index in [0.717, 1.165) is 58.8 Å². The van der Waals surface area contributed by atoms with Crippen molar-refractivity contribution in [3.63, 3.8) is 0 Å². The minimum Gasteiger partial charge on any atom is -0.481 e. The highest BCUT2D eigenvalue weighted by atomic mass is 16.6. The van der Waals surface area contributed by atoms with Gasteiger partial charge < -0.3 is 45.7 Å². The number of pyridine rings is 2. The molecule has 1 amide bonds. The van der Waals surface area contributed by atoms with Gasteiger partial charge in [0.05, 0.1) is 48.2 Å². The number of aromatic amines is 1. The molecule has 148 heavy (non-hydrogen) atoms. The van der Waals surface area contributed by atoms with E-state index in [1.54, 1.807) is 33.9 Å². The number of rotatable bonds is 32. The van der Waals surface area contributed by atoms with Crippen molar-refractivity contribution in [2.24, 2.45) is 95.5 Å². The monoisotopic (exact) mass is 2050 g/mol. The van der Waals surface area contributed by atoms with Crippen molar-refractivity contribution in [3.05, 3.63) is 266 Å². The van der Waals surface area contributed by atoms with Gasteiger partial charge in [-0.1, -0.05) is 382 Å². The molecular formula is C123H192N8O17. The second-order valence-corrected chi connectivity index (χ2v) is 48.3. The normalized spacial score (nSPS) is 16.7. The van der Waals surface area contributed by atoms with Gasteiger partial charge in [-0.3, -0.25) is 58.4 Å². The molecule has 0 bridgehead atoms. The minimum atomic E-state index is -0.804. The molecule has 826 valence electrons. The number of carbonyl (C=O) groups is 6. The number of benzene rings is 5. The van der Waals surface area contributed by atoms with Gasteiger partial charge in [-0.15, -0.1) is 0 Å². The van der Waals surface area contributed by atoms with E-state index in [1.165, 1.54) is 28.4 Å². The lowest BCUT2D eigenvalue weighted by molar-refractivity contribution is -0.192. The maximum atomic E-state index is 13.1. The number of aromatic nitrogens is 4. The average Bonchev–Trinajstić information content (AvgIpc) is 1.64. The van der Waals surface area contributed by atoms with E-state index in [-0.39, 0.29) is 109 Å². The van der Waals surface area contributed by atoms with Gasteiger partial charge in [-0.25, -0.2) is 9.79 Å². The van der Waals surface area contributed by atoms with Crippen LogP contribution in [-0.4, -0.2) is 131 Å². The third-order valence-corrected chi connectivity index (χ3v) is 25.4. The SMILES string of the molecule is C.C.C.CC(C(=O)O)C(C)(C)C.CC(C)(C)C(Cc1ccccc1)C(=O)O.CC(C)(C)C(Cc1ccccn1)OC=O.CC(C)CC(C(NC(Cc1ccccc1)C(=O)O)c1ccccc1)C(C)(C)C.CC(C)CC(NC(=O)C(Cc1ccccc1)C(C)(C)C)C(=O)C1(C)CO1.CC(N)=Nc1ccc(CC(C)(C)C)cc1.CCC(Cc1ccccn1)C(C)(C)C.Cc1cn(C2CC(O)C(CC(C)(C)C)O2)c(=O)[nH]c1=O.O=C=O. The Morgan fingerprint density at radius 3 is 1.35 bits per heavy atom. The lowest BCUT2D eigenvalue weighted by atomic mass is 9.70. The predicted molar refractivity (Wildman–Crippen MR) is 603 cm³/mol. The van der Waals surface area contributed by atoms with Crippen LogP contribution < -0.4 is 27.6 Å². The van der Waals surface area contributed by atoms with Crippen LogP contribution >= 0.6 is 0 Å². The number of nitrogens with one attached hydrogen (secondary N) is 3. The number of amidine groups is 1. The van der Waals surface area contributed by atoms with Crippen LogP contribution in [0.4, 0.5) is 5.69 Å². The number of aryl methyl sites for hydroxylation is 1. The summed E-state index contributed by atoms with van der Waals surface area (Å²) in [6.45, 7) is 69.4. The van der Waals surface area contributed by atoms with E-state index in [1.807, 2.05) is 214 Å². The van der Waals surface area contributed by atoms with Crippen molar-refractivity contribution >= 4 is 53.7 Å². The van der Waals surface area contributed by atoms with Gasteiger partial charge in [0, 0.05) is 60.3 Å². The number of Topliss-reactive ketones (excluding diaryl/α,β-unsaturated/α-hetero) is 1. The summed E-state index contributed by atoms with van der Waals surface area (Å²) >= 11 is 0. The van der Waals surface area contributed by atoms with Crippen LogP contribution in [0.2, 0.25) is 0 Å². The molecule has 2 saturated heterocycles. The fourth-order valence-corrected chi connectivity index (χ4v) is 16.3. The molecule has 10 rings (SSSR count). The molecule has 13 unspecified atom stereocenters. The molecule has 2 aliphatic rings. The molecule has 25 nitrogen and oxygen atoms in total. The molecular weight excluding hydrogens is 1860 g/mol. The Kier molecular flexibility index (Phi) is 61.0. The highest BCUT2D eigenvalue weighted by molar-refractivity contribution is 5.97. The maximum Gasteiger partial charge on any atom is 0.373 e. The second kappa shape index (κ2) is 65.0. The van der Waals surface area contributed by atoms with Crippen molar-refractivity contribution < 1.29 is 73.0 Å². The van der Waals surface area contributed by atoms with Gasteiger partial charge in [0.1, 0.15) is 24.0 Å². The van der Waals surface area contributed by atoms with Gasteiger partial charge in [0.15, 0.2) is 5.78 Å². The number of H-pyrrole nitrogens is 1. The molecule has 5 heterocycles. The molecule has 9 N–H and O–H groups in total. The van der Waals surface area contributed by atoms with E-state index in [2.05, 4.69) is 205 Å². The van der Waals surface area contributed by atoms with E-state index in [4.69, 9.17) is 34.6 Å². The maximum absolute atomic E-state index is 13.1. The number of ether oxygens (including phenoxy) is 3. The summed E-state index contributed by atoms with van der Waals surface area (Å²) in [4.78, 5) is 124. The van der Waals surface area contributed by atoms with Crippen molar-refractivity contribution in [1.82, 2.24) is 30.2 Å². The molecule has 3 aromatic heterocycles. The Bertz CT molecular complexity index is 5270. The average molecular weight is 2050 g/mol. The zero-order valence-corrected chi connectivity index (χ0v) is 93.7. The summed E-state index contributed by atoms with van der Waals surface area (Å²) in [5.74, 6) is -0.628. The fourth-order valence-electron chi connectivity index (χ4n) is 16.3. The summed E-state index contributed by atoms with van der Waals surface area (Å²) in [7, 11) is 0. The van der Waals surface area contributed by atoms with Gasteiger partial charge in [-0.05, 0) is 203 Å². The van der Waals surface area contributed by atoms with Crippen LogP contribution in [0.3, 0.4) is 0 Å². The number of aliphatic carboxylic acids is 3. The Hall–Kier alpha value is -11.2. The minimum absolute atomic E-state index is 0. The Labute approximate surface area is 889 Å². The van der Waals surface area contributed by atoms with Crippen LogP contribution in [0.25, 0.3) is 0 Å². The number of nitrogens with zero attached hydrogens (tertiary/aromatic N) is 4. The van der Waals surface area contributed by atoms with Crippen LogP contribution in [0.1, 0.15) is 333 Å². The van der Waals surface area contributed by atoms with Gasteiger partial charge in [0.25, 0.3) is 12.0 Å². The third kappa shape index (κ3) is 55.3. The number of hydrogen-bond donors (Lipinski definition) is 8. The number of ketones is 1. The number of nitrogens with two attached hydrogens (primary N) is 1. The quantitative estimate of drug-likeness (QED) is 0.00840. The van der Waals surface area contributed by atoms with Crippen LogP contribution in [-0.2, 0) is 91.1 Å². The predicted octanol–water partition coefficient (Wildman–Crippen LogP) is 25.7. The number of epoxide rings is 1. The van der Waals surface area contributed by atoms with Crippen LogP contribution in [0, 0.1) is 91.7 Å². The lowest BCUT2D eigenvalue weighted by Gasteiger charge is -2.40. The molecule has 0 aliphatic carbocycles. The second-order valence-electron chi connectivity index (χ2n) is 48.3. The first kappa shape index (κ1) is 139. The van der Waals surface area contributed by atoms with Crippen LogP contribution in [0.15, 0.2) is 215 Å². The number of carbonyl (C=O) groups excluding carboxylic acids is 5. The van der Waals surface area contributed by atoms with Gasteiger partial charge in [0.2, 0.25) is 5.91 Å².